The first-order valence-electron chi connectivity index (χ1n) is 7.61. The zero-order chi connectivity index (χ0) is 17.7. The highest BCUT2D eigenvalue weighted by Gasteiger charge is 2.20. The summed E-state index contributed by atoms with van der Waals surface area (Å²) in [4.78, 5) is 12.2. The lowest BCUT2D eigenvalue weighted by Crippen LogP contribution is -2.36. The molecule has 24 heavy (non-hydrogen) atoms. The van der Waals surface area contributed by atoms with Gasteiger partial charge in [-0.05, 0) is 37.1 Å². The number of carbonyl (C=O) groups excluding carboxylic acids is 1. The molecule has 2 aromatic carbocycles. The SMILES string of the molecule is Cc1ccc(CN(CC(=O)Nc2cccc(C)c2)S(C)(=O)=O)cc1. The minimum Gasteiger partial charge on any atom is -0.325 e. The Labute approximate surface area is 143 Å². The van der Waals surface area contributed by atoms with Crippen LogP contribution in [0.1, 0.15) is 16.7 Å². The highest BCUT2D eigenvalue weighted by atomic mass is 32.2. The maximum atomic E-state index is 12.2. The molecule has 0 aliphatic rings. The molecule has 0 atom stereocenters. The van der Waals surface area contributed by atoms with Gasteiger partial charge in [0.1, 0.15) is 0 Å². The van der Waals surface area contributed by atoms with Crippen LogP contribution < -0.4 is 5.32 Å². The van der Waals surface area contributed by atoms with Crippen LogP contribution in [0.5, 0.6) is 0 Å². The van der Waals surface area contributed by atoms with Crippen molar-refractivity contribution in [3.8, 4) is 0 Å². The van der Waals surface area contributed by atoms with Crippen LogP contribution in [0.15, 0.2) is 48.5 Å². The third-order valence-electron chi connectivity index (χ3n) is 3.57. The number of amides is 1. The number of hydrogen-bond acceptors (Lipinski definition) is 3. The van der Waals surface area contributed by atoms with Gasteiger partial charge in [0.15, 0.2) is 0 Å². The van der Waals surface area contributed by atoms with Gasteiger partial charge in [-0.3, -0.25) is 4.79 Å². The fraction of sp³-hybridized carbons (Fsp3) is 0.278. The van der Waals surface area contributed by atoms with E-state index in [0.29, 0.717) is 5.69 Å². The lowest BCUT2D eigenvalue weighted by molar-refractivity contribution is -0.116. The van der Waals surface area contributed by atoms with Crippen LogP contribution in [-0.4, -0.2) is 31.4 Å². The molecule has 0 unspecified atom stereocenters. The number of benzene rings is 2. The summed E-state index contributed by atoms with van der Waals surface area (Å²) >= 11 is 0. The molecule has 0 aromatic heterocycles. The summed E-state index contributed by atoms with van der Waals surface area (Å²) in [6.45, 7) is 3.84. The molecule has 0 fully saturated rings. The molecule has 0 spiro atoms. The van der Waals surface area contributed by atoms with Gasteiger partial charge in [0.25, 0.3) is 0 Å². The van der Waals surface area contributed by atoms with Gasteiger partial charge in [0.2, 0.25) is 15.9 Å². The van der Waals surface area contributed by atoms with Crippen molar-refractivity contribution < 1.29 is 13.2 Å². The van der Waals surface area contributed by atoms with E-state index in [2.05, 4.69) is 5.32 Å². The third kappa shape index (κ3) is 5.47. The topological polar surface area (TPSA) is 66.5 Å². The van der Waals surface area contributed by atoms with Gasteiger partial charge in [-0.25, -0.2) is 8.42 Å². The summed E-state index contributed by atoms with van der Waals surface area (Å²) in [5.41, 5.74) is 3.62. The standard InChI is InChI=1S/C18H22N2O3S/c1-14-7-9-16(10-8-14)12-20(24(3,22)23)13-18(21)19-17-6-4-5-15(2)11-17/h4-11H,12-13H2,1-3H3,(H,19,21). The molecule has 0 bridgehead atoms. The first kappa shape index (κ1) is 18.2. The lowest BCUT2D eigenvalue weighted by Gasteiger charge is -2.19. The van der Waals surface area contributed by atoms with Crippen molar-refractivity contribution in [2.75, 3.05) is 18.1 Å². The van der Waals surface area contributed by atoms with Gasteiger partial charge in [0, 0.05) is 12.2 Å². The number of hydrogen-bond donors (Lipinski definition) is 1. The molecular weight excluding hydrogens is 324 g/mol. The molecule has 2 aromatic rings. The molecule has 6 heteroatoms. The Kier molecular flexibility index (Phi) is 5.75. The summed E-state index contributed by atoms with van der Waals surface area (Å²) in [5, 5.41) is 2.74. The molecule has 5 nitrogen and oxygen atoms in total. The Morgan fingerprint density at radius 2 is 1.71 bits per heavy atom. The van der Waals surface area contributed by atoms with E-state index < -0.39 is 10.0 Å². The second-order valence-electron chi connectivity index (χ2n) is 5.93. The van der Waals surface area contributed by atoms with Crippen molar-refractivity contribution >= 4 is 21.6 Å². The predicted octanol–water partition coefficient (Wildman–Crippen LogP) is 2.70. The molecule has 0 aliphatic carbocycles. The number of aryl methyl sites for hydroxylation is 2. The maximum Gasteiger partial charge on any atom is 0.239 e. The van der Waals surface area contributed by atoms with Crippen LogP contribution in [0, 0.1) is 13.8 Å². The summed E-state index contributed by atoms with van der Waals surface area (Å²) < 4.78 is 25.2. The van der Waals surface area contributed by atoms with Crippen molar-refractivity contribution in [1.29, 1.82) is 0 Å². The predicted molar refractivity (Wildman–Crippen MR) is 96.2 cm³/mol. The molecule has 0 radical (unpaired) electrons. The van der Waals surface area contributed by atoms with Gasteiger partial charge in [-0.1, -0.05) is 42.0 Å². The second kappa shape index (κ2) is 7.59. The normalized spacial score (nSPS) is 11.5. The van der Waals surface area contributed by atoms with Crippen molar-refractivity contribution in [3.05, 3.63) is 65.2 Å². The zero-order valence-electron chi connectivity index (χ0n) is 14.1. The molecular formula is C18H22N2O3S. The van der Waals surface area contributed by atoms with Crippen molar-refractivity contribution in [2.45, 2.75) is 20.4 Å². The molecule has 1 N–H and O–H groups in total. The van der Waals surface area contributed by atoms with E-state index in [0.717, 1.165) is 22.9 Å². The second-order valence-corrected chi connectivity index (χ2v) is 7.92. The number of rotatable bonds is 6. The Morgan fingerprint density at radius 3 is 2.29 bits per heavy atom. The fourth-order valence-corrected chi connectivity index (χ4v) is 3.01. The van der Waals surface area contributed by atoms with Gasteiger partial charge in [-0.2, -0.15) is 4.31 Å². The number of carbonyl (C=O) groups is 1. The Bertz CT molecular complexity index is 814. The average molecular weight is 346 g/mol. The molecule has 0 saturated carbocycles. The summed E-state index contributed by atoms with van der Waals surface area (Å²) in [6.07, 6.45) is 1.11. The Hall–Kier alpha value is -2.18. The Morgan fingerprint density at radius 1 is 1.04 bits per heavy atom. The van der Waals surface area contributed by atoms with Crippen LogP contribution in [0.3, 0.4) is 0 Å². The van der Waals surface area contributed by atoms with Crippen LogP contribution in [0.2, 0.25) is 0 Å². The Balaban J connectivity index is 2.08. The van der Waals surface area contributed by atoms with E-state index in [1.807, 2.05) is 56.3 Å². The molecule has 0 saturated heterocycles. The minimum absolute atomic E-state index is 0.167. The molecule has 0 aliphatic heterocycles. The maximum absolute atomic E-state index is 12.2. The largest absolute Gasteiger partial charge is 0.325 e. The summed E-state index contributed by atoms with van der Waals surface area (Å²) in [5.74, 6) is -0.363. The summed E-state index contributed by atoms with van der Waals surface area (Å²) in [6, 6.07) is 14.9. The first-order valence-corrected chi connectivity index (χ1v) is 9.46. The zero-order valence-corrected chi connectivity index (χ0v) is 14.9. The first-order chi connectivity index (χ1) is 11.2. The number of anilines is 1. The van der Waals surface area contributed by atoms with Gasteiger partial charge >= 0.3 is 0 Å². The van der Waals surface area contributed by atoms with Crippen LogP contribution in [0.25, 0.3) is 0 Å². The number of nitrogens with zero attached hydrogens (tertiary/aromatic N) is 1. The van der Waals surface area contributed by atoms with Crippen LogP contribution in [0.4, 0.5) is 5.69 Å². The third-order valence-corrected chi connectivity index (χ3v) is 4.77. The molecule has 2 rings (SSSR count). The van der Waals surface area contributed by atoms with Gasteiger partial charge in [0.05, 0.1) is 12.8 Å². The highest BCUT2D eigenvalue weighted by Crippen LogP contribution is 2.12. The van der Waals surface area contributed by atoms with E-state index in [9.17, 15) is 13.2 Å². The summed E-state index contributed by atoms with van der Waals surface area (Å²) in [7, 11) is -3.50. The quantitative estimate of drug-likeness (QED) is 0.874. The lowest BCUT2D eigenvalue weighted by atomic mass is 10.1. The van der Waals surface area contributed by atoms with Crippen LogP contribution >= 0.6 is 0 Å². The average Bonchev–Trinajstić information content (AvgIpc) is 2.48. The minimum atomic E-state index is -3.50. The van der Waals surface area contributed by atoms with Crippen LogP contribution in [-0.2, 0) is 21.4 Å². The van der Waals surface area contributed by atoms with Gasteiger partial charge < -0.3 is 5.32 Å². The fourth-order valence-electron chi connectivity index (χ4n) is 2.27. The van der Waals surface area contributed by atoms with Gasteiger partial charge in [-0.15, -0.1) is 0 Å². The van der Waals surface area contributed by atoms with Crippen molar-refractivity contribution in [2.24, 2.45) is 0 Å². The van der Waals surface area contributed by atoms with E-state index in [-0.39, 0.29) is 19.0 Å². The van der Waals surface area contributed by atoms with E-state index in [1.54, 1.807) is 6.07 Å². The molecule has 1 amide bonds. The number of nitrogens with one attached hydrogen (secondary N) is 1. The molecule has 128 valence electrons. The van der Waals surface area contributed by atoms with Crippen molar-refractivity contribution in [1.82, 2.24) is 4.31 Å². The monoisotopic (exact) mass is 346 g/mol. The van der Waals surface area contributed by atoms with E-state index in [1.165, 1.54) is 4.31 Å². The van der Waals surface area contributed by atoms with E-state index in [4.69, 9.17) is 0 Å². The smallest absolute Gasteiger partial charge is 0.239 e. The van der Waals surface area contributed by atoms with E-state index >= 15 is 0 Å². The highest BCUT2D eigenvalue weighted by molar-refractivity contribution is 7.88. The molecule has 0 heterocycles. The van der Waals surface area contributed by atoms with Crippen molar-refractivity contribution in [3.63, 3.8) is 0 Å². The number of sulfonamides is 1.